The van der Waals surface area contributed by atoms with Crippen molar-refractivity contribution in [3.05, 3.63) is 36.0 Å². The number of carbonyl (C=O) groups is 1. The molecule has 0 aliphatic rings. The lowest BCUT2D eigenvalue weighted by atomic mass is 10.2. The molecular formula is C14H15N3O3. The average molecular weight is 273 g/mol. The minimum absolute atomic E-state index is 0.101. The first-order valence-electron chi connectivity index (χ1n) is 6.09. The van der Waals surface area contributed by atoms with Crippen molar-refractivity contribution >= 4 is 11.8 Å². The maximum atomic E-state index is 11.6. The van der Waals surface area contributed by atoms with E-state index in [9.17, 15) is 4.79 Å². The number of rotatable bonds is 4. The lowest BCUT2D eigenvalue weighted by Gasteiger charge is -2.06. The van der Waals surface area contributed by atoms with Gasteiger partial charge in [0.2, 0.25) is 0 Å². The number of anilines is 1. The first-order chi connectivity index (χ1) is 9.65. The fourth-order valence-electron chi connectivity index (χ4n) is 1.64. The minimum Gasteiger partial charge on any atom is -0.497 e. The highest BCUT2D eigenvalue weighted by Crippen LogP contribution is 2.21. The number of hydrogen-bond acceptors (Lipinski definition) is 6. The molecule has 2 rings (SSSR count). The molecule has 2 N–H and O–H groups in total. The summed E-state index contributed by atoms with van der Waals surface area (Å²) >= 11 is 0. The van der Waals surface area contributed by atoms with Gasteiger partial charge in [-0.2, -0.15) is 0 Å². The van der Waals surface area contributed by atoms with Crippen LogP contribution in [0.25, 0.3) is 11.4 Å². The second kappa shape index (κ2) is 6.01. The SMILES string of the molecule is CCOC(=O)c1cnc(-c2ccc(OC)cc2)nc1N. The van der Waals surface area contributed by atoms with Gasteiger partial charge in [-0.25, -0.2) is 14.8 Å². The molecule has 0 aliphatic carbocycles. The Kier molecular flexibility index (Phi) is 4.14. The third-order valence-electron chi connectivity index (χ3n) is 2.66. The monoisotopic (exact) mass is 273 g/mol. The largest absolute Gasteiger partial charge is 0.497 e. The van der Waals surface area contributed by atoms with Crippen LogP contribution in [0.3, 0.4) is 0 Å². The second-order valence-electron chi connectivity index (χ2n) is 3.94. The van der Waals surface area contributed by atoms with Crippen LogP contribution in [0.5, 0.6) is 5.75 Å². The molecule has 0 fully saturated rings. The van der Waals surface area contributed by atoms with E-state index in [0.717, 1.165) is 11.3 Å². The predicted octanol–water partition coefficient (Wildman–Crippen LogP) is 1.91. The first kappa shape index (κ1) is 13.8. The third kappa shape index (κ3) is 2.85. The molecular weight excluding hydrogens is 258 g/mol. The van der Waals surface area contributed by atoms with Gasteiger partial charge in [0.25, 0.3) is 0 Å². The third-order valence-corrected chi connectivity index (χ3v) is 2.66. The summed E-state index contributed by atoms with van der Waals surface area (Å²) in [6.07, 6.45) is 1.37. The second-order valence-corrected chi connectivity index (χ2v) is 3.94. The van der Waals surface area contributed by atoms with Crippen molar-refractivity contribution in [2.24, 2.45) is 0 Å². The first-order valence-corrected chi connectivity index (χ1v) is 6.09. The lowest BCUT2D eigenvalue weighted by molar-refractivity contribution is 0.0527. The lowest BCUT2D eigenvalue weighted by Crippen LogP contribution is -2.10. The summed E-state index contributed by atoms with van der Waals surface area (Å²) in [4.78, 5) is 19.9. The minimum atomic E-state index is -0.522. The summed E-state index contributed by atoms with van der Waals surface area (Å²) in [5.74, 6) is 0.763. The normalized spacial score (nSPS) is 10.1. The van der Waals surface area contributed by atoms with Gasteiger partial charge in [-0.05, 0) is 31.2 Å². The molecule has 0 amide bonds. The molecule has 0 bridgehead atoms. The van der Waals surface area contributed by atoms with E-state index in [1.54, 1.807) is 26.2 Å². The number of nitrogens with zero attached hydrogens (tertiary/aromatic N) is 2. The van der Waals surface area contributed by atoms with Gasteiger partial charge in [-0.15, -0.1) is 0 Å². The Labute approximate surface area is 116 Å². The highest BCUT2D eigenvalue weighted by Gasteiger charge is 2.14. The van der Waals surface area contributed by atoms with Crippen LogP contribution in [0, 0.1) is 0 Å². The number of nitrogen functional groups attached to an aromatic ring is 1. The van der Waals surface area contributed by atoms with Crippen molar-refractivity contribution in [2.75, 3.05) is 19.5 Å². The number of benzene rings is 1. The van der Waals surface area contributed by atoms with Crippen molar-refractivity contribution in [3.63, 3.8) is 0 Å². The molecule has 0 saturated heterocycles. The smallest absolute Gasteiger partial charge is 0.343 e. The van der Waals surface area contributed by atoms with Gasteiger partial charge >= 0.3 is 5.97 Å². The molecule has 20 heavy (non-hydrogen) atoms. The van der Waals surface area contributed by atoms with E-state index in [0.29, 0.717) is 5.82 Å². The van der Waals surface area contributed by atoms with Crippen molar-refractivity contribution in [1.82, 2.24) is 9.97 Å². The van der Waals surface area contributed by atoms with Gasteiger partial charge < -0.3 is 15.2 Å². The molecule has 0 spiro atoms. The predicted molar refractivity (Wildman–Crippen MR) is 74.4 cm³/mol. The van der Waals surface area contributed by atoms with Crippen LogP contribution in [-0.2, 0) is 4.74 Å². The highest BCUT2D eigenvalue weighted by atomic mass is 16.5. The van der Waals surface area contributed by atoms with E-state index in [1.165, 1.54) is 6.20 Å². The standard InChI is InChI=1S/C14H15N3O3/c1-3-20-14(18)11-8-16-13(17-12(11)15)9-4-6-10(19-2)7-5-9/h4-8H,3H2,1-2H3,(H2,15,16,17). The molecule has 2 aromatic rings. The van der Waals surface area contributed by atoms with Crippen molar-refractivity contribution in [2.45, 2.75) is 6.92 Å². The zero-order valence-corrected chi connectivity index (χ0v) is 11.3. The van der Waals surface area contributed by atoms with Crippen LogP contribution in [-0.4, -0.2) is 29.7 Å². The molecule has 104 valence electrons. The van der Waals surface area contributed by atoms with E-state index in [2.05, 4.69) is 9.97 Å². The maximum absolute atomic E-state index is 11.6. The van der Waals surface area contributed by atoms with Gasteiger partial charge in [0, 0.05) is 11.8 Å². The van der Waals surface area contributed by atoms with Crippen LogP contribution in [0.1, 0.15) is 17.3 Å². The summed E-state index contributed by atoms with van der Waals surface area (Å²) in [5, 5.41) is 0. The van der Waals surface area contributed by atoms with E-state index in [4.69, 9.17) is 15.2 Å². The number of hydrogen-bond donors (Lipinski definition) is 1. The van der Waals surface area contributed by atoms with E-state index < -0.39 is 5.97 Å². The molecule has 1 aromatic heterocycles. The van der Waals surface area contributed by atoms with E-state index in [-0.39, 0.29) is 18.0 Å². The number of methoxy groups -OCH3 is 1. The van der Waals surface area contributed by atoms with Gasteiger partial charge in [0.05, 0.1) is 13.7 Å². The fraction of sp³-hybridized carbons (Fsp3) is 0.214. The summed E-state index contributed by atoms with van der Waals surface area (Å²) in [6.45, 7) is 2.00. The van der Waals surface area contributed by atoms with E-state index >= 15 is 0 Å². The number of carbonyl (C=O) groups excluding carboxylic acids is 1. The zero-order valence-electron chi connectivity index (χ0n) is 11.3. The Bertz CT molecular complexity index is 612. The molecule has 0 aliphatic heterocycles. The molecule has 0 radical (unpaired) electrons. The van der Waals surface area contributed by atoms with Crippen molar-refractivity contribution in [3.8, 4) is 17.1 Å². The Balaban J connectivity index is 2.30. The van der Waals surface area contributed by atoms with Crippen LogP contribution in [0.15, 0.2) is 30.5 Å². The Hall–Kier alpha value is -2.63. The van der Waals surface area contributed by atoms with Gasteiger partial charge in [0.1, 0.15) is 17.1 Å². The summed E-state index contributed by atoms with van der Waals surface area (Å²) in [6, 6.07) is 7.23. The van der Waals surface area contributed by atoms with E-state index in [1.807, 2.05) is 12.1 Å². The van der Waals surface area contributed by atoms with Gasteiger partial charge in [-0.1, -0.05) is 0 Å². The fourth-order valence-corrected chi connectivity index (χ4v) is 1.64. The van der Waals surface area contributed by atoms with Gasteiger partial charge in [0.15, 0.2) is 5.82 Å². The molecule has 1 heterocycles. The molecule has 0 saturated carbocycles. The number of nitrogens with two attached hydrogens (primary N) is 1. The molecule has 1 aromatic carbocycles. The quantitative estimate of drug-likeness (QED) is 0.856. The van der Waals surface area contributed by atoms with Crippen molar-refractivity contribution in [1.29, 1.82) is 0 Å². The van der Waals surface area contributed by atoms with Crippen LogP contribution >= 0.6 is 0 Å². The number of ether oxygens (including phenoxy) is 2. The summed E-state index contributed by atoms with van der Waals surface area (Å²) in [7, 11) is 1.59. The Morgan fingerprint density at radius 1 is 1.30 bits per heavy atom. The maximum Gasteiger partial charge on any atom is 0.343 e. The molecule has 6 heteroatoms. The summed E-state index contributed by atoms with van der Waals surface area (Å²) < 4.78 is 9.95. The number of aromatic nitrogens is 2. The zero-order chi connectivity index (χ0) is 14.5. The Morgan fingerprint density at radius 2 is 2.00 bits per heavy atom. The van der Waals surface area contributed by atoms with Crippen LogP contribution < -0.4 is 10.5 Å². The highest BCUT2D eigenvalue weighted by molar-refractivity contribution is 5.94. The summed E-state index contributed by atoms with van der Waals surface area (Å²) in [5.41, 5.74) is 6.72. The topological polar surface area (TPSA) is 87.3 Å². The molecule has 0 atom stereocenters. The van der Waals surface area contributed by atoms with Gasteiger partial charge in [-0.3, -0.25) is 0 Å². The Morgan fingerprint density at radius 3 is 2.55 bits per heavy atom. The number of esters is 1. The molecule has 6 nitrogen and oxygen atoms in total. The van der Waals surface area contributed by atoms with Crippen LogP contribution in [0.2, 0.25) is 0 Å². The van der Waals surface area contributed by atoms with Crippen LogP contribution in [0.4, 0.5) is 5.82 Å². The molecule has 0 unspecified atom stereocenters. The average Bonchev–Trinajstić information content (AvgIpc) is 2.47. The van der Waals surface area contributed by atoms with Crippen molar-refractivity contribution < 1.29 is 14.3 Å².